The van der Waals surface area contributed by atoms with Crippen LogP contribution in [-0.4, -0.2) is 50.2 Å². The van der Waals surface area contributed by atoms with Crippen LogP contribution in [0.4, 0.5) is 5.82 Å². The highest BCUT2D eigenvalue weighted by molar-refractivity contribution is 5.85. The van der Waals surface area contributed by atoms with Gasteiger partial charge in [-0.25, -0.2) is 4.98 Å². The largest absolute Gasteiger partial charge is 0.481 e. The number of nitrogen functional groups attached to an aromatic ring is 1. The Morgan fingerprint density at radius 3 is 3.00 bits per heavy atom. The van der Waals surface area contributed by atoms with Gasteiger partial charge in [-0.2, -0.15) is 5.10 Å². The van der Waals surface area contributed by atoms with Crippen LogP contribution in [0.2, 0.25) is 0 Å². The number of aromatic nitrogens is 3. The zero-order valence-corrected chi connectivity index (χ0v) is 12.7. The van der Waals surface area contributed by atoms with E-state index < -0.39 is 5.97 Å². The minimum absolute atomic E-state index is 0.0460. The second-order valence-corrected chi connectivity index (χ2v) is 5.82. The number of nitrogens with one attached hydrogen (secondary N) is 1. The van der Waals surface area contributed by atoms with Crippen LogP contribution in [0.1, 0.15) is 37.3 Å². The van der Waals surface area contributed by atoms with Crippen LogP contribution in [0.3, 0.4) is 0 Å². The molecule has 0 radical (unpaired) electrons. The van der Waals surface area contributed by atoms with Gasteiger partial charge in [0.25, 0.3) is 0 Å². The number of carbonyl (C=O) groups is 2. The van der Waals surface area contributed by atoms with Gasteiger partial charge in [-0.05, 0) is 25.0 Å². The summed E-state index contributed by atoms with van der Waals surface area (Å²) in [5.74, 6) is -0.426. The van der Waals surface area contributed by atoms with E-state index in [0.29, 0.717) is 24.6 Å². The summed E-state index contributed by atoms with van der Waals surface area (Å²) in [4.78, 5) is 29.0. The number of carbonyl (C=O) groups excluding carboxylic acids is 1. The number of aliphatic carboxylic acids is 1. The second-order valence-electron chi connectivity index (χ2n) is 5.82. The van der Waals surface area contributed by atoms with Gasteiger partial charge in [0.1, 0.15) is 5.82 Å². The molecule has 0 aromatic carbocycles. The smallest absolute Gasteiger partial charge is 0.303 e. The third kappa shape index (κ3) is 3.25. The van der Waals surface area contributed by atoms with E-state index in [0.717, 1.165) is 23.9 Å². The first-order valence-corrected chi connectivity index (χ1v) is 7.64. The van der Waals surface area contributed by atoms with Gasteiger partial charge in [0.15, 0.2) is 5.65 Å². The van der Waals surface area contributed by atoms with Gasteiger partial charge < -0.3 is 15.7 Å². The number of carboxylic acid groups (broad SMARTS) is 1. The van der Waals surface area contributed by atoms with E-state index in [1.165, 1.54) is 0 Å². The second kappa shape index (κ2) is 6.23. The maximum Gasteiger partial charge on any atom is 0.303 e. The number of H-pyrrole nitrogens is 1. The number of hydrogen-bond acceptors (Lipinski definition) is 5. The van der Waals surface area contributed by atoms with Crippen LogP contribution < -0.4 is 5.73 Å². The Bertz CT molecular complexity index is 742. The van der Waals surface area contributed by atoms with Crippen LogP contribution in [-0.2, 0) is 9.59 Å². The molecule has 3 heterocycles. The van der Waals surface area contributed by atoms with E-state index in [2.05, 4.69) is 15.2 Å². The SMILES string of the molecule is Nc1[nH]nc2nc([C@H]3CCCN(C(=O)CCC(=O)O)C3)ccc12. The number of nitrogens with two attached hydrogens (primary N) is 1. The predicted octanol–water partition coefficient (Wildman–Crippen LogP) is 1.11. The third-order valence-corrected chi connectivity index (χ3v) is 4.21. The molecule has 1 saturated heterocycles. The molecule has 0 saturated carbocycles. The van der Waals surface area contributed by atoms with Crippen LogP contribution >= 0.6 is 0 Å². The van der Waals surface area contributed by atoms with Gasteiger partial charge in [0.2, 0.25) is 5.91 Å². The number of carboxylic acids is 1. The first-order chi connectivity index (χ1) is 11.0. The van der Waals surface area contributed by atoms with Gasteiger partial charge in [-0.15, -0.1) is 0 Å². The van der Waals surface area contributed by atoms with Crippen LogP contribution in [0.15, 0.2) is 12.1 Å². The van der Waals surface area contributed by atoms with Crippen molar-refractivity contribution >= 4 is 28.7 Å². The number of hydrogen-bond donors (Lipinski definition) is 3. The highest BCUT2D eigenvalue weighted by atomic mass is 16.4. The van der Waals surface area contributed by atoms with Gasteiger partial charge >= 0.3 is 5.97 Å². The summed E-state index contributed by atoms with van der Waals surface area (Å²) in [5.41, 5.74) is 7.23. The van der Waals surface area contributed by atoms with E-state index in [9.17, 15) is 9.59 Å². The summed E-state index contributed by atoms with van der Waals surface area (Å²) in [5, 5.41) is 16.3. The van der Waals surface area contributed by atoms with E-state index in [-0.39, 0.29) is 24.7 Å². The number of amides is 1. The molecule has 0 unspecified atom stereocenters. The number of piperidine rings is 1. The van der Waals surface area contributed by atoms with Crippen molar-refractivity contribution in [2.24, 2.45) is 0 Å². The molecule has 1 fully saturated rings. The van der Waals surface area contributed by atoms with E-state index >= 15 is 0 Å². The Labute approximate surface area is 132 Å². The maximum atomic E-state index is 12.1. The summed E-state index contributed by atoms with van der Waals surface area (Å²) < 4.78 is 0. The molecular weight excluding hydrogens is 298 g/mol. The lowest BCUT2D eigenvalue weighted by Crippen LogP contribution is -2.39. The fourth-order valence-corrected chi connectivity index (χ4v) is 2.98. The molecule has 1 atom stereocenters. The summed E-state index contributed by atoms with van der Waals surface area (Å²) in [7, 11) is 0. The van der Waals surface area contributed by atoms with Crippen molar-refractivity contribution in [3.63, 3.8) is 0 Å². The average molecular weight is 317 g/mol. The molecule has 8 heteroatoms. The van der Waals surface area contributed by atoms with Crippen LogP contribution in [0, 0.1) is 0 Å². The van der Waals surface area contributed by atoms with Gasteiger partial charge in [0, 0.05) is 31.1 Å². The number of fused-ring (bicyclic) bond motifs is 1. The first kappa shape index (κ1) is 15.3. The van der Waals surface area contributed by atoms with Crippen LogP contribution in [0.5, 0.6) is 0 Å². The number of pyridine rings is 1. The number of rotatable bonds is 4. The number of likely N-dealkylation sites (tertiary alicyclic amines) is 1. The molecule has 0 aliphatic carbocycles. The molecule has 8 nitrogen and oxygen atoms in total. The Hall–Kier alpha value is -2.64. The predicted molar refractivity (Wildman–Crippen MR) is 83.7 cm³/mol. The van der Waals surface area contributed by atoms with Gasteiger partial charge in [0.05, 0.1) is 11.8 Å². The average Bonchev–Trinajstić information content (AvgIpc) is 2.93. The standard InChI is InChI=1S/C15H19N5O3/c16-14-10-3-4-11(17-15(10)19-18-14)9-2-1-7-20(8-9)12(21)5-6-13(22)23/h3-4,9H,1-2,5-8H2,(H,22,23)(H3,16,17,18,19)/t9-/m0/s1. The fraction of sp³-hybridized carbons (Fsp3) is 0.467. The quantitative estimate of drug-likeness (QED) is 0.775. The minimum Gasteiger partial charge on any atom is -0.481 e. The molecule has 2 aromatic rings. The lowest BCUT2D eigenvalue weighted by Gasteiger charge is -2.32. The Balaban J connectivity index is 1.71. The van der Waals surface area contributed by atoms with Crippen molar-refractivity contribution in [1.29, 1.82) is 0 Å². The van der Waals surface area contributed by atoms with E-state index in [1.807, 2.05) is 12.1 Å². The lowest BCUT2D eigenvalue weighted by molar-refractivity contribution is -0.141. The summed E-state index contributed by atoms with van der Waals surface area (Å²) in [6.45, 7) is 1.24. The molecular formula is C15H19N5O3. The Morgan fingerprint density at radius 2 is 2.22 bits per heavy atom. The van der Waals surface area contributed by atoms with Crippen molar-refractivity contribution in [3.8, 4) is 0 Å². The Kier molecular flexibility index (Phi) is 4.14. The minimum atomic E-state index is -0.949. The van der Waals surface area contributed by atoms with Crippen molar-refractivity contribution < 1.29 is 14.7 Å². The van der Waals surface area contributed by atoms with Crippen LogP contribution in [0.25, 0.3) is 11.0 Å². The number of aromatic amines is 1. The first-order valence-electron chi connectivity index (χ1n) is 7.64. The molecule has 1 amide bonds. The lowest BCUT2D eigenvalue weighted by atomic mass is 9.94. The highest BCUT2D eigenvalue weighted by Crippen LogP contribution is 2.28. The topological polar surface area (TPSA) is 125 Å². The summed E-state index contributed by atoms with van der Waals surface area (Å²) in [6.07, 6.45) is 1.74. The monoisotopic (exact) mass is 317 g/mol. The Morgan fingerprint density at radius 1 is 1.39 bits per heavy atom. The van der Waals surface area contributed by atoms with Crippen molar-refractivity contribution in [1.82, 2.24) is 20.1 Å². The number of nitrogens with zero attached hydrogens (tertiary/aromatic N) is 3. The molecule has 23 heavy (non-hydrogen) atoms. The zero-order valence-electron chi connectivity index (χ0n) is 12.7. The number of anilines is 1. The van der Waals surface area contributed by atoms with Crippen molar-refractivity contribution in [3.05, 3.63) is 17.8 Å². The molecule has 4 N–H and O–H groups in total. The van der Waals surface area contributed by atoms with Crippen molar-refractivity contribution in [2.75, 3.05) is 18.8 Å². The molecule has 2 aromatic heterocycles. The summed E-state index contributed by atoms with van der Waals surface area (Å²) >= 11 is 0. The summed E-state index contributed by atoms with van der Waals surface area (Å²) in [6, 6.07) is 3.81. The molecule has 1 aliphatic heterocycles. The third-order valence-electron chi connectivity index (χ3n) is 4.21. The molecule has 122 valence electrons. The molecule has 0 bridgehead atoms. The maximum absolute atomic E-state index is 12.1. The van der Waals surface area contributed by atoms with E-state index in [4.69, 9.17) is 10.8 Å². The van der Waals surface area contributed by atoms with E-state index in [1.54, 1.807) is 4.90 Å². The highest BCUT2D eigenvalue weighted by Gasteiger charge is 2.26. The van der Waals surface area contributed by atoms with Crippen molar-refractivity contribution in [2.45, 2.75) is 31.6 Å². The van der Waals surface area contributed by atoms with Gasteiger partial charge in [-0.1, -0.05) is 0 Å². The zero-order chi connectivity index (χ0) is 16.4. The molecule has 0 spiro atoms. The molecule has 3 rings (SSSR count). The normalized spacial score (nSPS) is 18.3. The fourth-order valence-electron chi connectivity index (χ4n) is 2.98. The molecule has 1 aliphatic rings. The van der Waals surface area contributed by atoms with Gasteiger partial charge in [-0.3, -0.25) is 14.7 Å².